The van der Waals surface area contributed by atoms with Gasteiger partial charge in [0.05, 0.1) is 23.0 Å². The van der Waals surface area contributed by atoms with E-state index in [0.29, 0.717) is 24.6 Å². The van der Waals surface area contributed by atoms with Gasteiger partial charge in [0.1, 0.15) is 18.1 Å². The van der Waals surface area contributed by atoms with Gasteiger partial charge in [-0.15, -0.1) is 16.7 Å². The van der Waals surface area contributed by atoms with Crippen molar-refractivity contribution in [1.82, 2.24) is 15.0 Å². The summed E-state index contributed by atoms with van der Waals surface area (Å²) in [5.41, 5.74) is 0.703. The molecule has 2 rings (SSSR count). The molecule has 1 aromatic heterocycles. The van der Waals surface area contributed by atoms with Crippen molar-refractivity contribution in [3.8, 4) is 5.75 Å². The van der Waals surface area contributed by atoms with Crippen molar-refractivity contribution in [2.24, 2.45) is 5.14 Å². The van der Waals surface area contributed by atoms with Crippen LogP contribution in [0.5, 0.6) is 5.75 Å². The molecule has 0 bridgehead atoms. The lowest BCUT2D eigenvalue weighted by Crippen LogP contribution is -2.12. The predicted octanol–water partition coefficient (Wildman–Crippen LogP) is 1.30. The average Bonchev–Trinajstić information content (AvgIpc) is 2.87. The maximum Gasteiger partial charge on any atom is 0.238 e. The molecule has 114 valence electrons. The molecule has 7 nitrogen and oxygen atoms in total. The standard InChI is InChI=1S/C12H15ClN4O3S/c1-9(13)12-8-17(16-15-12)6-7-20-10-2-4-11(5-3-10)21(14,18)19/h2-5,8-9H,6-7H2,1H3,(H2,14,18,19). The first-order valence-corrected chi connectivity index (χ1v) is 8.14. The summed E-state index contributed by atoms with van der Waals surface area (Å²) in [6.45, 7) is 2.70. The minimum atomic E-state index is -3.68. The zero-order valence-electron chi connectivity index (χ0n) is 11.3. The van der Waals surface area contributed by atoms with Gasteiger partial charge in [-0.25, -0.2) is 18.2 Å². The molecule has 0 saturated heterocycles. The molecule has 0 aliphatic rings. The molecule has 1 aromatic carbocycles. The first-order chi connectivity index (χ1) is 9.86. The second-order valence-electron chi connectivity index (χ2n) is 4.39. The maximum absolute atomic E-state index is 11.1. The fourth-order valence-corrected chi connectivity index (χ4v) is 2.20. The van der Waals surface area contributed by atoms with Crippen molar-refractivity contribution in [3.63, 3.8) is 0 Å². The zero-order valence-corrected chi connectivity index (χ0v) is 12.9. The van der Waals surface area contributed by atoms with Crippen LogP contribution in [-0.4, -0.2) is 30.0 Å². The SMILES string of the molecule is CC(Cl)c1cn(CCOc2ccc(S(N)(=O)=O)cc2)nn1. The van der Waals surface area contributed by atoms with Gasteiger partial charge >= 0.3 is 0 Å². The van der Waals surface area contributed by atoms with E-state index in [9.17, 15) is 8.42 Å². The van der Waals surface area contributed by atoms with Crippen LogP contribution in [0.4, 0.5) is 0 Å². The number of nitrogens with zero attached hydrogens (tertiary/aromatic N) is 3. The monoisotopic (exact) mass is 330 g/mol. The minimum Gasteiger partial charge on any atom is -0.492 e. The molecular formula is C12H15ClN4O3S. The molecule has 9 heteroatoms. The molecule has 0 spiro atoms. The maximum atomic E-state index is 11.1. The van der Waals surface area contributed by atoms with Gasteiger partial charge in [0.2, 0.25) is 10.0 Å². The summed E-state index contributed by atoms with van der Waals surface area (Å²) in [6, 6.07) is 5.89. The smallest absolute Gasteiger partial charge is 0.238 e. The lowest BCUT2D eigenvalue weighted by Gasteiger charge is -2.06. The number of hydrogen-bond donors (Lipinski definition) is 1. The molecule has 0 radical (unpaired) electrons. The van der Waals surface area contributed by atoms with E-state index in [2.05, 4.69) is 10.3 Å². The molecule has 0 fully saturated rings. The quantitative estimate of drug-likeness (QED) is 0.805. The molecule has 1 atom stereocenters. The first-order valence-electron chi connectivity index (χ1n) is 6.16. The lowest BCUT2D eigenvalue weighted by atomic mass is 10.3. The first kappa shape index (κ1) is 15.7. The average molecular weight is 331 g/mol. The molecule has 21 heavy (non-hydrogen) atoms. The summed E-state index contributed by atoms with van der Waals surface area (Å²) in [5, 5.41) is 12.7. The second-order valence-corrected chi connectivity index (χ2v) is 6.60. The summed E-state index contributed by atoms with van der Waals surface area (Å²) >= 11 is 5.89. The largest absolute Gasteiger partial charge is 0.492 e. The van der Waals surface area contributed by atoms with Gasteiger partial charge in [-0.1, -0.05) is 5.21 Å². The van der Waals surface area contributed by atoms with Crippen molar-refractivity contribution in [2.75, 3.05) is 6.61 Å². The van der Waals surface area contributed by atoms with Crippen molar-refractivity contribution >= 4 is 21.6 Å². The molecule has 0 saturated carbocycles. The minimum absolute atomic E-state index is 0.0480. The summed E-state index contributed by atoms with van der Waals surface area (Å²) in [4.78, 5) is 0.0480. The highest BCUT2D eigenvalue weighted by Crippen LogP contribution is 2.16. The molecule has 2 aromatic rings. The van der Waals surface area contributed by atoms with Crippen molar-refractivity contribution in [1.29, 1.82) is 0 Å². The Balaban J connectivity index is 1.88. The van der Waals surface area contributed by atoms with E-state index in [1.807, 2.05) is 6.92 Å². The molecule has 1 unspecified atom stereocenters. The number of halogens is 1. The highest BCUT2D eigenvalue weighted by atomic mass is 35.5. The number of benzene rings is 1. The Morgan fingerprint density at radius 1 is 1.38 bits per heavy atom. The Labute approximate surface area is 127 Å². The van der Waals surface area contributed by atoms with Crippen LogP contribution < -0.4 is 9.88 Å². The van der Waals surface area contributed by atoms with Crippen LogP contribution in [-0.2, 0) is 16.6 Å². The van der Waals surface area contributed by atoms with Crippen LogP contribution in [0.15, 0.2) is 35.4 Å². The number of nitrogens with two attached hydrogens (primary N) is 1. The number of rotatable bonds is 6. The van der Waals surface area contributed by atoms with Crippen molar-refractivity contribution in [3.05, 3.63) is 36.2 Å². The van der Waals surface area contributed by atoms with E-state index in [1.54, 1.807) is 23.0 Å². The van der Waals surface area contributed by atoms with Gasteiger partial charge in [-0.05, 0) is 31.2 Å². The highest BCUT2D eigenvalue weighted by Gasteiger charge is 2.08. The van der Waals surface area contributed by atoms with Gasteiger partial charge in [-0.2, -0.15) is 0 Å². The Bertz CT molecular complexity index is 698. The summed E-state index contributed by atoms with van der Waals surface area (Å²) < 4.78 is 29.3. The Morgan fingerprint density at radius 2 is 2.05 bits per heavy atom. The number of aromatic nitrogens is 3. The Morgan fingerprint density at radius 3 is 2.57 bits per heavy atom. The van der Waals surface area contributed by atoms with Crippen molar-refractivity contribution in [2.45, 2.75) is 23.7 Å². The van der Waals surface area contributed by atoms with Crippen LogP contribution >= 0.6 is 11.6 Å². The highest BCUT2D eigenvalue weighted by molar-refractivity contribution is 7.89. The normalized spacial score (nSPS) is 13.1. The van der Waals surface area contributed by atoms with Crippen LogP contribution in [0.25, 0.3) is 0 Å². The number of alkyl halides is 1. The number of hydrogen-bond acceptors (Lipinski definition) is 5. The van der Waals surface area contributed by atoms with Crippen LogP contribution in [0.3, 0.4) is 0 Å². The fraction of sp³-hybridized carbons (Fsp3) is 0.333. The fourth-order valence-electron chi connectivity index (χ4n) is 1.59. The summed E-state index contributed by atoms with van der Waals surface area (Å²) in [6.07, 6.45) is 1.76. The predicted molar refractivity (Wildman–Crippen MR) is 77.6 cm³/mol. The summed E-state index contributed by atoms with van der Waals surface area (Å²) in [5.74, 6) is 0.549. The molecular weight excluding hydrogens is 316 g/mol. The summed E-state index contributed by atoms with van der Waals surface area (Å²) in [7, 11) is -3.68. The number of sulfonamides is 1. The third-order valence-corrected chi connectivity index (χ3v) is 3.86. The Kier molecular flexibility index (Phi) is 4.81. The van der Waals surface area contributed by atoms with Crippen LogP contribution in [0.2, 0.25) is 0 Å². The topological polar surface area (TPSA) is 100 Å². The number of ether oxygens (including phenoxy) is 1. The molecule has 0 amide bonds. The number of primary sulfonamides is 1. The third kappa shape index (κ3) is 4.42. The van der Waals surface area contributed by atoms with E-state index in [-0.39, 0.29) is 10.3 Å². The van der Waals surface area contributed by atoms with Gasteiger partial charge < -0.3 is 4.74 Å². The van der Waals surface area contributed by atoms with Crippen LogP contribution in [0.1, 0.15) is 18.0 Å². The van der Waals surface area contributed by atoms with E-state index < -0.39 is 10.0 Å². The molecule has 1 heterocycles. The van der Waals surface area contributed by atoms with Gasteiger partial charge in [0, 0.05) is 0 Å². The van der Waals surface area contributed by atoms with E-state index in [1.165, 1.54) is 12.1 Å². The molecule has 0 aliphatic carbocycles. The van der Waals surface area contributed by atoms with Crippen LogP contribution in [0, 0.1) is 0 Å². The van der Waals surface area contributed by atoms with Gasteiger partial charge in [0.15, 0.2) is 0 Å². The molecule has 0 aliphatic heterocycles. The molecule has 2 N–H and O–H groups in total. The Hall–Kier alpha value is -1.64. The van der Waals surface area contributed by atoms with E-state index in [0.717, 1.165) is 0 Å². The van der Waals surface area contributed by atoms with E-state index >= 15 is 0 Å². The van der Waals surface area contributed by atoms with Gasteiger partial charge in [-0.3, -0.25) is 0 Å². The third-order valence-electron chi connectivity index (χ3n) is 2.71. The van der Waals surface area contributed by atoms with E-state index in [4.69, 9.17) is 21.5 Å². The van der Waals surface area contributed by atoms with Crippen molar-refractivity contribution < 1.29 is 13.2 Å². The lowest BCUT2D eigenvalue weighted by molar-refractivity contribution is 0.289. The van der Waals surface area contributed by atoms with Gasteiger partial charge in [0.25, 0.3) is 0 Å². The zero-order chi connectivity index (χ0) is 15.5. The second kappa shape index (κ2) is 6.42.